The lowest BCUT2D eigenvalue weighted by molar-refractivity contribution is -0.384. The van der Waals surface area contributed by atoms with Gasteiger partial charge >= 0.3 is 6.03 Å². The monoisotopic (exact) mass is 376 g/mol. The summed E-state index contributed by atoms with van der Waals surface area (Å²) in [6.07, 6.45) is 4.59. The van der Waals surface area contributed by atoms with E-state index in [1.807, 2.05) is 0 Å². The number of halogens is 1. The Morgan fingerprint density at radius 3 is 2.65 bits per heavy atom. The van der Waals surface area contributed by atoms with Crippen molar-refractivity contribution in [2.24, 2.45) is 5.10 Å². The summed E-state index contributed by atoms with van der Waals surface area (Å²) < 4.78 is 0. The van der Waals surface area contributed by atoms with Gasteiger partial charge in [-0.3, -0.25) is 19.9 Å². The molecule has 2 aromatic rings. The number of hydrazone groups is 1. The molecule has 1 aromatic carbocycles. The quantitative estimate of drug-likeness (QED) is 0.401. The van der Waals surface area contributed by atoms with Crippen LogP contribution in [0.4, 0.5) is 16.2 Å². The van der Waals surface area contributed by atoms with Crippen molar-refractivity contribution in [2.45, 2.75) is 0 Å². The number of nitrogens with zero attached hydrogens (tertiary/aromatic N) is 3. The number of rotatable bonds is 6. The van der Waals surface area contributed by atoms with Crippen molar-refractivity contribution in [2.75, 3.05) is 11.9 Å². The van der Waals surface area contributed by atoms with Crippen LogP contribution < -0.4 is 16.1 Å². The summed E-state index contributed by atoms with van der Waals surface area (Å²) in [7, 11) is 0. The number of hydrogen-bond donors (Lipinski definition) is 3. The predicted molar refractivity (Wildman–Crippen MR) is 95.1 cm³/mol. The first kappa shape index (κ1) is 18.8. The van der Waals surface area contributed by atoms with E-state index in [2.05, 4.69) is 26.1 Å². The summed E-state index contributed by atoms with van der Waals surface area (Å²) in [5, 5.41) is 19.1. The predicted octanol–water partition coefficient (Wildman–Crippen LogP) is 1.91. The van der Waals surface area contributed by atoms with Gasteiger partial charge in [-0.1, -0.05) is 11.6 Å². The Bertz CT molecular complexity index is 843. The first-order valence-electron chi connectivity index (χ1n) is 7.16. The Balaban J connectivity index is 1.78. The van der Waals surface area contributed by atoms with Gasteiger partial charge in [0.15, 0.2) is 0 Å². The number of pyridine rings is 1. The third kappa shape index (κ3) is 5.83. The van der Waals surface area contributed by atoms with Crippen LogP contribution in [-0.4, -0.2) is 34.6 Å². The molecule has 0 aliphatic heterocycles. The number of hydrogen-bond acceptors (Lipinski definition) is 6. The minimum atomic E-state index is -0.700. The van der Waals surface area contributed by atoms with E-state index in [-0.39, 0.29) is 22.9 Å². The first-order valence-corrected chi connectivity index (χ1v) is 7.54. The van der Waals surface area contributed by atoms with E-state index in [0.29, 0.717) is 0 Å². The van der Waals surface area contributed by atoms with Crippen molar-refractivity contribution in [3.05, 3.63) is 63.4 Å². The lowest BCUT2D eigenvalue weighted by Crippen LogP contribution is -2.37. The third-order valence-corrected chi connectivity index (χ3v) is 3.24. The molecule has 0 spiro atoms. The zero-order chi connectivity index (χ0) is 18.9. The molecule has 0 saturated heterocycles. The molecule has 0 aliphatic carbocycles. The topological polar surface area (TPSA) is 139 Å². The van der Waals surface area contributed by atoms with Gasteiger partial charge in [0.1, 0.15) is 6.54 Å². The number of non-ortho nitro benzene ring substituents is 1. The number of nitro benzene ring substituents is 1. The van der Waals surface area contributed by atoms with Gasteiger partial charge in [-0.2, -0.15) is 5.10 Å². The molecule has 0 aliphatic rings. The van der Waals surface area contributed by atoms with Gasteiger partial charge in [0.05, 0.1) is 21.8 Å². The van der Waals surface area contributed by atoms with Gasteiger partial charge < -0.3 is 10.6 Å². The van der Waals surface area contributed by atoms with Crippen molar-refractivity contribution in [1.82, 2.24) is 15.7 Å². The minimum Gasteiger partial charge on any atom is -0.329 e. The minimum absolute atomic E-state index is 0.000697. The van der Waals surface area contributed by atoms with Gasteiger partial charge in [0.25, 0.3) is 11.6 Å². The van der Waals surface area contributed by atoms with E-state index in [1.165, 1.54) is 18.3 Å². The number of aromatic nitrogens is 1. The van der Waals surface area contributed by atoms with Crippen LogP contribution in [0, 0.1) is 10.1 Å². The van der Waals surface area contributed by atoms with Gasteiger partial charge in [0, 0.05) is 24.5 Å². The number of nitro groups is 1. The highest BCUT2D eigenvalue weighted by Gasteiger charge is 2.12. The maximum atomic E-state index is 11.7. The Labute approximate surface area is 152 Å². The second-order valence-corrected chi connectivity index (χ2v) is 5.21. The van der Waals surface area contributed by atoms with Crippen LogP contribution in [0.5, 0.6) is 0 Å². The highest BCUT2D eigenvalue weighted by atomic mass is 35.5. The number of amides is 3. The first-order chi connectivity index (χ1) is 12.5. The van der Waals surface area contributed by atoms with E-state index in [1.54, 1.807) is 24.5 Å². The van der Waals surface area contributed by atoms with Gasteiger partial charge in [0.2, 0.25) is 0 Å². The average Bonchev–Trinajstić information content (AvgIpc) is 2.62. The molecule has 1 heterocycles. The maximum absolute atomic E-state index is 11.7. The molecule has 0 saturated carbocycles. The number of carbonyl (C=O) groups excluding carboxylic acids is 2. The van der Waals surface area contributed by atoms with Gasteiger partial charge in [-0.15, -0.1) is 0 Å². The average molecular weight is 377 g/mol. The molecule has 10 nitrogen and oxygen atoms in total. The number of carbonyl (C=O) groups is 2. The van der Waals surface area contributed by atoms with Crippen molar-refractivity contribution in [3.8, 4) is 0 Å². The highest BCUT2D eigenvalue weighted by Crippen LogP contribution is 2.26. The third-order valence-electron chi connectivity index (χ3n) is 2.93. The summed E-state index contributed by atoms with van der Waals surface area (Å²) in [4.78, 5) is 37.2. The van der Waals surface area contributed by atoms with E-state index >= 15 is 0 Å². The molecule has 3 N–H and O–H groups in total. The molecule has 134 valence electrons. The lowest BCUT2D eigenvalue weighted by Gasteiger charge is -2.08. The summed E-state index contributed by atoms with van der Waals surface area (Å²) in [6.45, 7) is -0.329. The molecule has 0 unspecified atom stereocenters. The van der Waals surface area contributed by atoms with Crippen LogP contribution in [0.3, 0.4) is 0 Å². The van der Waals surface area contributed by atoms with Crippen LogP contribution in [-0.2, 0) is 4.79 Å². The van der Waals surface area contributed by atoms with E-state index < -0.39 is 16.9 Å². The highest BCUT2D eigenvalue weighted by molar-refractivity contribution is 6.33. The molecular weight excluding hydrogens is 364 g/mol. The van der Waals surface area contributed by atoms with E-state index in [0.717, 1.165) is 11.6 Å². The Morgan fingerprint density at radius 1 is 1.27 bits per heavy atom. The Hall–Kier alpha value is -3.53. The van der Waals surface area contributed by atoms with Crippen LogP contribution in [0.1, 0.15) is 5.56 Å². The zero-order valence-electron chi connectivity index (χ0n) is 13.2. The lowest BCUT2D eigenvalue weighted by atomic mass is 10.3. The molecule has 26 heavy (non-hydrogen) atoms. The molecular formula is C15H13ClN6O4. The van der Waals surface area contributed by atoms with E-state index in [9.17, 15) is 19.7 Å². The summed E-state index contributed by atoms with van der Waals surface area (Å²) in [5.74, 6) is -0.541. The molecule has 2 rings (SSSR count). The fraction of sp³-hybridized carbons (Fsp3) is 0.0667. The second kappa shape index (κ2) is 9.08. The fourth-order valence-electron chi connectivity index (χ4n) is 1.71. The van der Waals surface area contributed by atoms with Crippen LogP contribution in [0.15, 0.2) is 47.8 Å². The fourth-order valence-corrected chi connectivity index (χ4v) is 1.94. The molecule has 1 aromatic heterocycles. The number of nitrogens with one attached hydrogen (secondary N) is 3. The van der Waals surface area contributed by atoms with Crippen LogP contribution >= 0.6 is 11.6 Å². The number of anilines is 1. The number of benzene rings is 1. The van der Waals surface area contributed by atoms with Gasteiger partial charge in [-0.05, 0) is 23.8 Å². The molecule has 0 bridgehead atoms. The van der Waals surface area contributed by atoms with Crippen LogP contribution in [0.2, 0.25) is 5.02 Å². The molecule has 0 fully saturated rings. The van der Waals surface area contributed by atoms with Crippen molar-refractivity contribution in [3.63, 3.8) is 0 Å². The molecule has 3 amide bonds. The Kier molecular flexibility index (Phi) is 6.57. The van der Waals surface area contributed by atoms with Crippen molar-refractivity contribution < 1.29 is 14.5 Å². The standard InChI is InChI=1S/C15H13ClN6O4/c16-12-7-11(22(25)26)1-2-13(12)20-15(24)18-9-14(23)21-19-8-10-3-5-17-6-4-10/h1-8H,9H2,(H,21,23)(H2,18,20,24). The second-order valence-electron chi connectivity index (χ2n) is 4.80. The van der Waals surface area contributed by atoms with Crippen molar-refractivity contribution >= 4 is 41.1 Å². The van der Waals surface area contributed by atoms with E-state index in [4.69, 9.17) is 11.6 Å². The summed E-state index contributed by atoms with van der Waals surface area (Å²) in [5.41, 5.74) is 2.97. The smallest absolute Gasteiger partial charge is 0.319 e. The summed E-state index contributed by atoms with van der Waals surface area (Å²) in [6, 6.07) is 6.30. The van der Waals surface area contributed by atoms with Gasteiger partial charge in [-0.25, -0.2) is 10.2 Å². The molecule has 11 heteroatoms. The maximum Gasteiger partial charge on any atom is 0.319 e. The Morgan fingerprint density at radius 2 is 2.00 bits per heavy atom. The van der Waals surface area contributed by atoms with Crippen LogP contribution in [0.25, 0.3) is 0 Å². The zero-order valence-corrected chi connectivity index (χ0v) is 13.9. The molecule has 0 atom stereocenters. The normalized spacial score (nSPS) is 10.3. The van der Waals surface area contributed by atoms with Crippen molar-refractivity contribution in [1.29, 1.82) is 0 Å². The largest absolute Gasteiger partial charge is 0.329 e. The summed E-state index contributed by atoms with van der Waals surface area (Å²) >= 11 is 5.86. The SMILES string of the molecule is O=C(CNC(=O)Nc1ccc([N+](=O)[O-])cc1Cl)NN=Cc1ccncc1. The molecule has 0 radical (unpaired) electrons. The number of urea groups is 1.